The lowest BCUT2D eigenvalue weighted by Gasteiger charge is -2.12. The highest BCUT2D eigenvalue weighted by Gasteiger charge is 2.12. The molecule has 1 N–H and O–H groups in total. The Bertz CT molecular complexity index is 1390. The van der Waals surface area contributed by atoms with Gasteiger partial charge >= 0.3 is 0 Å². The lowest BCUT2D eigenvalue weighted by Crippen LogP contribution is -2.09. The fourth-order valence-electron chi connectivity index (χ4n) is 3.69. The van der Waals surface area contributed by atoms with Gasteiger partial charge in [-0.05, 0) is 40.5 Å². The van der Waals surface area contributed by atoms with E-state index in [1.54, 1.807) is 12.4 Å². The van der Waals surface area contributed by atoms with Crippen molar-refractivity contribution in [1.29, 1.82) is 0 Å². The van der Waals surface area contributed by atoms with Crippen molar-refractivity contribution in [2.45, 2.75) is 0 Å². The first-order valence-electron chi connectivity index (χ1n) is 10.0. The number of nitrogens with zero attached hydrogens (tertiary/aromatic N) is 2. The summed E-state index contributed by atoms with van der Waals surface area (Å²) in [6.07, 6.45) is 3.39. The molecule has 0 aliphatic heterocycles. The maximum absolute atomic E-state index is 12.4. The molecule has 5 rings (SSSR count). The molecule has 148 valence electrons. The molecule has 0 atom stereocenters. The normalized spacial score (nSPS) is 10.7. The quantitative estimate of drug-likeness (QED) is 0.412. The van der Waals surface area contributed by atoms with Crippen molar-refractivity contribution in [3.8, 4) is 44.9 Å². The highest BCUT2D eigenvalue weighted by molar-refractivity contribution is 5.83. The van der Waals surface area contributed by atoms with Crippen LogP contribution in [-0.2, 0) is 0 Å². The Hall–Kier alpha value is -4.31. The molecule has 5 aromatic rings. The van der Waals surface area contributed by atoms with Gasteiger partial charge in [-0.25, -0.2) is 4.98 Å². The van der Waals surface area contributed by atoms with E-state index >= 15 is 0 Å². The number of pyridine rings is 1. The summed E-state index contributed by atoms with van der Waals surface area (Å²) in [5.74, 6) is 0.542. The second-order valence-electron chi connectivity index (χ2n) is 7.21. The predicted octanol–water partition coefficient (Wildman–Crippen LogP) is 5.83. The number of aromatic amines is 1. The highest BCUT2D eigenvalue weighted by Crippen LogP contribution is 2.33. The number of H-pyrrole nitrogens is 1. The zero-order valence-corrected chi connectivity index (χ0v) is 16.7. The third-order valence-corrected chi connectivity index (χ3v) is 5.18. The molecule has 0 aliphatic rings. The summed E-state index contributed by atoms with van der Waals surface area (Å²) in [7, 11) is 0. The van der Waals surface area contributed by atoms with Crippen LogP contribution in [0.2, 0.25) is 0 Å². The Morgan fingerprint density at radius 3 is 2.06 bits per heavy atom. The van der Waals surface area contributed by atoms with Crippen LogP contribution in [0.4, 0.5) is 0 Å². The van der Waals surface area contributed by atoms with E-state index in [-0.39, 0.29) is 5.56 Å². The molecular weight excluding hydrogens is 382 g/mol. The van der Waals surface area contributed by atoms with Crippen LogP contribution >= 0.6 is 0 Å². The average Bonchev–Trinajstić information content (AvgIpc) is 2.85. The van der Waals surface area contributed by atoms with E-state index in [9.17, 15) is 4.79 Å². The van der Waals surface area contributed by atoms with Crippen LogP contribution in [0.25, 0.3) is 44.9 Å². The van der Waals surface area contributed by atoms with Gasteiger partial charge in [0, 0.05) is 29.6 Å². The van der Waals surface area contributed by atoms with Crippen molar-refractivity contribution in [3.63, 3.8) is 0 Å². The summed E-state index contributed by atoms with van der Waals surface area (Å²) in [5.41, 5.74) is 6.53. The largest absolute Gasteiger partial charge is 0.306 e. The Morgan fingerprint density at radius 1 is 0.581 bits per heavy atom. The van der Waals surface area contributed by atoms with Crippen molar-refractivity contribution in [3.05, 3.63) is 120 Å². The summed E-state index contributed by atoms with van der Waals surface area (Å²) in [4.78, 5) is 24.1. The van der Waals surface area contributed by atoms with Gasteiger partial charge in [-0.15, -0.1) is 0 Å². The minimum absolute atomic E-state index is 0.190. The van der Waals surface area contributed by atoms with Gasteiger partial charge in [0.1, 0.15) is 5.82 Å². The van der Waals surface area contributed by atoms with Crippen LogP contribution in [0.3, 0.4) is 0 Å². The summed E-state index contributed by atoms with van der Waals surface area (Å²) in [6, 6.07) is 31.9. The Morgan fingerprint density at radius 2 is 1.26 bits per heavy atom. The van der Waals surface area contributed by atoms with E-state index in [1.165, 1.54) is 6.07 Å². The van der Waals surface area contributed by atoms with E-state index in [2.05, 4.69) is 52.4 Å². The van der Waals surface area contributed by atoms with Gasteiger partial charge in [-0.2, -0.15) is 0 Å². The molecule has 0 aliphatic carbocycles. The van der Waals surface area contributed by atoms with Crippen LogP contribution in [0.5, 0.6) is 0 Å². The highest BCUT2D eigenvalue weighted by atomic mass is 16.1. The van der Waals surface area contributed by atoms with Crippen molar-refractivity contribution < 1.29 is 0 Å². The maximum Gasteiger partial charge on any atom is 0.251 e. The van der Waals surface area contributed by atoms with Crippen molar-refractivity contribution in [2.75, 3.05) is 0 Å². The Balaban J connectivity index is 1.64. The zero-order chi connectivity index (χ0) is 21.0. The predicted molar refractivity (Wildman–Crippen MR) is 124 cm³/mol. The number of benzene rings is 3. The first-order valence-corrected chi connectivity index (χ1v) is 10.0. The topological polar surface area (TPSA) is 58.6 Å². The molecule has 0 amide bonds. The van der Waals surface area contributed by atoms with Crippen molar-refractivity contribution >= 4 is 0 Å². The van der Waals surface area contributed by atoms with Gasteiger partial charge in [0.25, 0.3) is 5.56 Å². The fourth-order valence-corrected chi connectivity index (χ4v) is 3.69. The third-order valence-electron chi connectivity index (χ3n) is 5.18. The molecule has 0 saturated carbocycles. The standard InChI is InChI=1S/C27H19N3O/c31-26-18-25(20-13-15-28-16-14-20)29-27(30-26)24-12-5-4-11-23(24)22-10-6-9-21(17-22)19-7-2-1-3-8-19/h1-18H,(H,29,30,31). The summed E-state index contributed by atoms with van der Waals surface area (Å²) >= 11 is 0. The minimum Gasteiger partial charge on any atom is -0.306 e. The van der Waals surface area contributed by atoms with E-state index in [4.69, 9.17) is 4.98 Å². The van der Waals surface area contributed by atoms with Gasteiger partial charge in [-0.3, -0.25) is 9.78 Å². The lowest BCUT2D eigenvalue weighted by molar-refractivity contribution is 1.13. The molecule has 0 bridgehead atoms. The van der Waals surface area contributed by atoms with E-state index in [1.807, 2.05) is 48.5 Å². The van der Waals surface area contributed by atoms with E-state index in [0.29, 0.717) is 11.5 Å². The van der Waals surface area contributed by atoms with Gasteiger partial charge in [0.2, 0.25) is 0 Å². The Kier molecular flexibility index (Phi) is 4.95. The molecule has 0 saturated heterocycles. The van der Waals surface area contributed by atoms with Gasteiger partial charge in [-0.1, -0.05) is 72.8 Å². The molecule has 4 heteroatoms. The van der Waals surface area contributed by atoms with E-state index < -0.39 is 0 Å². The SMILES string of the molecule is O=c1cc(-c2ccncc2)nc(-c2ccccc2-c2cccc(-c3ccccc3)c2)[nH]1. The molecule has 4 nitrogen and oxygen atoms in total. The van der Waals surface area contributed by atoms with Crippen LogP contribution in [0, 0.1) is 0 Å². The Labute approximate surface area is 179 Å². The molecule has 0 fully saturated rings. The number of aromatic nitrogens is 3. The number of rotatable bonds is 4. The number of nitrogens with one attached hydrogen (secondary N) is 1. The second kappa shape index (κ2) is 8.20. The molecule has 3 aromatic carbocycles. The first kappa shape index (κ1) is 18.7. The first-order chi connectivity index (χ1) is 15.3. The van der Waals surface area contributed by atoms with Crippen molar-refractivity contribution in [2.24, 2.45) is 0 Å². The second-order valence-corrected chi connectivity index (χ2v) is 7.21. The van der Waals surface area contributed by atoms with Crippen LogP contribution in [0.15, 0.2) is 114 Å². The van der Waals surface area contributed by atoms with Crippen molar-refractivity contribution in [1.82, 2.24) is 15.0 Å². The summed E-state index contributed by atoms with van der Waals surface area (Å²) < 4.78 is 0. The molecule has 31 heavy (non-hydrogen) atoms. The molecule has 2 heterocycles. The third kappa shape index (κ3) is 3.91. The smallest absolute Gasteiger partial charge is 0.251 e. The molecule has 0 radical (unpaired) electrons. The van der Waals surface area contributed by atoms with Gasteiger partial charge < -0.3 is 4.98 Å². The lowest BCUT2D eigenvalue weighted by atomic mass is 9.95. The molecule has 0 unspecified atom stereocenters. The minimum atomic E-state index is -0.190. The fraction of sp³-hybridized carbons (Fsp3) is 0. The molecule has 0 spiro atoms. The van der Waals surface area contributed by atoms with E-state index in [0.717, 1.165) is 33.4 Å². The van der Waals surface area contributed by atoms with Crippen LogP contribution in [-0.4, -0.2) is 15.0 Å². The van der Waals surface area contributed by atoms with Crippen LogP contribution < -0.4 is 5.56 Å². The summed E-state index contributed by atoms with van der Waals surface area (Å²) in [5, 5.41) is 0. The zero-order valence-electron chi connectivity index (χ0n) is 16.7. The molecular formula is C27H19N3O. The van der Waals surface area contributed by atoms with Gasteiger partial charge in [0.05, 0.1) is 5.69 Å². The average molecular weight is 401 g/mol. The maximum atomic E-state index is 12.4. The van der Waals surface area contributed by atoms with Crippen LogP contribution in [0.1, 0.15) is 0 Å². The summed E-state index contributed by atoms with van der Waals surface area (Å²) in [6.45, 7) is 0. The van der Waals surface area contributed by atoms with Gasteiger partial charge in [0.15, 0.2) is 0 Å². The molecule has 2 aromatic heterocycles. The number of hydrogen-bond acceptors (Lipinski definition) is 3. The monoisotopic (exact) mass is 401 g/mol. The number of hydrogen-bond donors (Lipinski definition) is 1.